The van der Waals surface area contributed by atoms with E-state index in [-0.39, 0.29) is 5.78 Å². The third-order valence-corrected chi connectivity index (χ3v) is 3.26. The number of hydrogen-bond donors (Lipinski definition) is 0. The van der Waals surface area contributed by atoms with Gasteiger partial charge in [-0.25, -0.2) is 0 Å². The number of carbonyl (C=O) groups excluding carboxylic acids is 1. The zero-order valence-electron chi connectivity index (χ0n) is 11.9. The van der Waals surface area contributed by atoms with E-state index in [0.29, 0.717) is 13.0 Å². The van der Waals surface area contributed by atoms with Crippen molar-refractivity contribution in [1.82, 2.24) is 4.90 Å². The number of hydrogen-bond acceptors (Lipinski definition) is 3. The third-order valence-electron chi connectivity index (χ3n) is 3.26. The zero-order valence-corrected chi connectivity index (χ0v) is 11.9. The first kappa shape index (κ1) is 14.1. The van der Waals surface area contributed by atoms with Crippen molar-refractivity contribution in [3.63, 3.8) is 0 Å². The molecule has 0 aromatic heterocycles. The molecule has 0 amide bonds. The molecule has 0 bridgehead atoms. The minimum Gasteiger partial charge on any atom is -0.497 e. The molecule has 0 saturated carbocycles. The van der Waals surface area contributed by atoms with E-state index in [0.717, 1.165) is 17.0 Å². The number of ketones is 1. The molecule has 104 valence electrons. The molecule has 0 atom stereocenters. The van der Waals surface area contributed by atoms with E-state index in [1.165, 1.54) is 0 Å². The highest BCUT2D eigenvalue weighted by Crippen LogP contribution is 2.17. The van der Waals surface area contributed by atoms with Crippen molar-refractivity contribution in [3.8, 4) is 0 Å². The number of methoxy groups -OCH3 is 1. The maximum atomic E-state index is 12.4. The predicted molar refractivity (Wildman–Crippen MR) is 80.7 cm³/mol. The van der Waals surface area contributed by atoms with Crippen molar-refractivity contribution in [2.24, 2.45) is 0 Å². The summed E-state index contributed by atoms with van der Waals surface area (Å²) in [6.45, 7) is 2.33. The molecular formula is C17H19NO2. The van der Waals surface area contributed by atoms with E-state index in [4.69, 9.17) is 4.74 Å². The number of Topliss-reactive ketones (excluding diaryl/α,β-unsaturated/α-hetero) is 1. The summed E-state index contributed by atoms with van der Waals surface area (Å²) in [7, 11) is 1.63. The van der Waals surface area contributed by atoms with E-state index in [1.807, 2.05) is 66.6 Å². The largest absolute Gasteiger partial charge is 0.497 e. The average Bonchev–Trinajstić information content (AvgIpc) is 2.73. The topological polar surface area (TPSA) is 29.5 Å². The van der Waals surface area contributed by atoms with Gasteiger partial charge in [0, 0.05) is 17.5 Å². The molecule has 0 aromatic rings. The van der Waals surface area contributed by atoms with Gasteiger partial charge < -0.3 is 9.64 Å². The molecule has 20 heavy (non-hydrogen) atoms. The number of allylic oxidation sites excluding steroid dienone is 8. The van der Waals surface area contributed by atoms with Crippen LogP contribution >= 0.6 is 0 Å². The second-order valence-corrected chi connectivity index (χ2v) is 4.53. The summed E-state index contributed by atoms with van der Waals surface area (Å²) in [5.74, 6) is 0.918. The molecule has 3 nitrogen and oxygen atoms in total. The van der Waals surface area contributed by atoms with E-state index in [9.17, 15) is 4.79 Å². The molecule has 1 aliphatic heterocycles. The Labute approximate surface area is 119 Å². The summed E-state index contributed by atoms with van der Waals surface area (Å²) < 4.78 is 5.17. The summed E-state index contributed by atoms with van der Waals surface area (Å²) in [6.07, 6.45) is 17.9. The molecule has 0 aromatic carbocycles. The van der Waals surface area contributed by atoms with Gasteiger partial charge in [-0.05, 0) is 37.6 Å². The Balaban J connectivity index is 2.04. The van der Waals surface area contributed by atoms with Gasteiger partial charge in [-0.2, -0.15) is 0 Å². The monoisotopic (exact) mass is 269 g/mol. The zero-order chi connectivity index (χ0) is 14.4. The lowest BCUT2D eigenvalue weighted by molar-refractivity contribution is -0.115. The van der Waals surface area contributed by atoms with Gasteiger partial charge in [0.2, 0.25) is 0 Å². The summed E-state index contributed by atoms with van der Waals surface area (Å²) >= 11 is 0. The first-order valence-electron chi connectivity index (χ1n) is 6.67. The fourth-order valence-electron chi connectivity index (χ4n) is 2.12. The summed E-state index contributed by atoms with van der Waals surface area (Å²) in [6, 6.07) is 0. The van der Waals surface area contributed by atoms with Crippen molar-refractivity contribution < 1.29 is 9.53 Å². The van der Waals surface area contributed by atoms with Gasteiger partial charge in [0.25, 0.3) is 0 Å². The molecule has 0 N–H and O–H groups in total. The van der Waals surface area contributed by atoms with E-state index in [2.05, 4.69) is 0 Å². The van der Waals surface area contributed by atoms with E-state index < -0.39 is 0 Å². The molecular weight excluding hydrogens is 250 g/mol. The molecule has 0 saturated heterocycles. The molecule has 0 unspecified atom stereocenters. The Hall–Kier alpha value is -2.29. The molecule has 1 aliphatic carbocycles. The second-order valence-electron chi connectivity index (χ2n) is 4.53. The molecule has 1 heterocycles. The van der Waals surface area contributed by atoms with Crippen LogP contribution in [0, 0.1) is 0 Å². The molecule has 0 radical (unpaired) electrons. The number of ether oxygens (including phenoxy) is 1. The standard InChI is InChI=1S/C17H19NO2/c1-3-15-8-4-5-12-18(15)13-17(19)14-7-6-9-16(20-2)11-10-14/h3-9,11-12H,10,13H2,1-2H3/b15-3-. The highest BCUT2D eigenvalue weighted by atomic mass is 16.5. The van der Waals surface area contributed by atoms with Gasteiger partial charge in [0.1, 0.15) is 5.76 Å². The quantitative estimate of drug-likeness (QED) is 0.784. The van der Waals surface area contributed by atoms with Crippen LogP contribution < -0.4 is 0 Å². The molecule has 2 aliphatic rings. The summed E-state index contributed by atoms with van der Waals surface area (Å²) in [5, 5.41) is 0. The van der Waals surface area contributed by atoms with Crippen molar-refractivity contribution in [1.29, 1.82) is 0 Å². The van der Waals surface area contributed by atoms with Crippen LogP contribution in [0.25, 0.3) is 0 Å². The van der Waals surface area contributed by atoms with Gasteiger partial charge in [0.05, 0.1) is 13.7 Å². The Morgan fingerprint density at radius 1 is 1.35 bits per heavy atom. The van der Waals surface area contributed by atoms with Crippen LogP contribution in [0.5, 0.6) is 0 Å². The Kier molecular flexibility index (Phi) is 4.77. The van der Waals surface area contributed by atoms with E-state index in [1.54, 1.807) is 7.11 Å². The Morgan fingerprint density at radius 2 is 2.20 bits per heavy atom. The van der Waals surface area contributed by atoms with Crippen molar-refractivity contribution >= 4 is 5.78 Å². The lowest BCUT2D eigenvalue weighted by Crippen LogP contribution is -2.25. The van der Waals surface area contributed by atoms with Crippen molar-refractivity contribution in [2.75, 3.05) is 13.7 Å². The van der Waals surface area contributed by atoms with Crippen LogP contribution in [0.15, 0.2) is 71.8 Å². The SMILES string of the molecule is C/C=C1/C=CC=CN1CC(=O)C1=CC=CC(OC)=CC1. The van der Waals surface area contributed by atoms with Crippen molar-refractivity contribution in [3.05, 3.63) is 71.8 Å². The Morgan fingerprint density at radius 3 is 2.95 bits per heavy atom. The molecule has 0 spiro atoms. The number of nitrogens with zero attached hydrogens (tertiary/aromatic N) is 1. The number of carbonyl (C=O) groups is 1. The van der Waals surface area contributed by atoms with Gasteiger partial charge in [-0.1, -0.05) is 24.3 Å². The predicted octanol–water partition coefficient (Wildman–Crippen LogP) is 3.26. The van der Waals surface area contributed by atoms with Crippen LogP contribution in [0.1, 0.15) is 13.3 Å². The highest BCUT2D eigenvalue weighted by Gasteiger charge is 2.15. The first-order chi connectivity index (χ1) is 9.74. The third kappa shape index (κ3) is 3.38. The van der Waals surface area contributed by atoms with Gasteiger partial charge >= 0.3 is 0 Å². The van der Waals surface area contributed by atoms with Crippen molar-refractivity contribution in [2.45, 2.75) is 13.3 Å². The highest BCUT2D eigenvalue weighted by molar-refractivity contribution is 5.97. The van der Waals surface area contributed by atoms with Crippen LogP contribution in [0.4, 0.5) is 0 Å². The summed E-state index contributed by atoms with van der Waals surface area (Å²) in [4.78, 5) is 14.3. The van der Waals surface area contributed by atoms with Crippen LogP contribution in [0.3, 0.4) is 0 Å². The molecule has 0 fully saturated rings. The maximum absolute atomic E-state index is 12.4. The van der Waals surface area contributed by atoms with Crippen LogP contribution in [0.2, 0.25) is 0 Å². The van der Waals surface area contributed by atoms with E-state index >= 15 is 0 Å². The second kappa shape index (κ2) is 6.75. The fourth-order valence-corrected chi connectivity index (χ4v) is 2.12. The van der Waals surface area contributed by atoms with Gasteiger partial charge in [0.15, 0.2) is 5.78 Å². The average molecular weight is 269 g/mol. The summed E-state index contributed by atoms with van der Waals surface area (Å²) in [5.41, 5.74) is 1.84. The van der Waals surface area contributed by atoms with Gasteiger partial charge in [-0.15, -0.1) is 0 Å². The van der Waals surface area contributed by atoms with Crippen LogP contribution in [-0.4, -0.2) is 24.3 Å². The minimum atomic E-state index is 0.127. The maximum Gasteiger partial charge on any atom is 0.178 e. The van der Waals surface area contributed by atoms with Gasteiger partial charge in [-0.3, -0.25) is 4.79 Å². The lowest BCUT2D eigenvalue weighted by atomic mass is 10.1. The van der Waals surface area contributed by atoms with Crippen LogP contribution in [-0.2, 0) is 9.53 Å². The molecule has 3 heteroatoms. The smallest absolute Gasteiger partial charge is 0.178 e. The minimum absolute atomic E-state index is 0.127. The Bertz CT molecular complexity index is 560. The molecule has 2 rings (SSSR count). The lowest BCUT2D eigenvalue weighted by Gasteiger charge is -2.23. The normalized spacial score (nSPS) is 19.7. The number of rotatable bonds is 4. The first-order valence-corrected chi connectivity index (χ1v) is 6.67. The fraction of sp³-hybridized carbons (Fsp3) is 0.235.